The van der Waals surface area contributed by atoms with Crippen molar-refractivity contribution in [2.45, 2.75) is 304 Å². The standard InChI is InChI=1S/C69H112N6O45/c1-19-38(87)48(97)52(101)65(107-19)105-17-27(86)55(39(88)26(72-20(2)82)10-71-25-9-7-6-8-24(25)61(70)104)115-63-36(74-22(4)84)46(95)57(33(16-81)112-63)117-67-54(103)58(118-69-60(51(100)43(92)31(14-79)111-69)120-62-35(73-21(3)83)45(94)40(89)28(11-76)108-62)44(93)34(114-67)18-106-68-59(50(99)42(91)30(13-78)110-68)119-64-37(75-23(5)85)47(96)56(32(15-80)113-64)116-66-53(102)49(98)41(90)29(12-77)109-66/h6-9,19,26-60,62-69,71,76-81,86-103H,10-18H2,1-5H3,(H2,70,104)(H,72,82)(H,73,83)(H,74,84)(H,75,85)/t19-,26+,27?,28+,29+,30+,31+,32+,33+,34+,35+,36+,37+,38+,39+,40+,41-,42+,43+,44+,45+,46+,47+,48+,49-,50-,51-,52-,53+,54-,55+,56+,57+,58-,59-,60-,62-,63-,64-,65+,66-,67-,68-,69+/m0/s1. The zero-order chi connectivity index (χ0) is 88.5. The zero-order valence-electron chi connectivity index (χ0n) is 65.0. The van der Waals surface area contributed by atoms with Gasteiger partial charge in [0.05, 0.1) is 70.6 Å². The van der Waals surface area contributed by atoms with Gasteiger partial charge in [0.15, 0.2) is 50.3 Å². The number of amides is 5. The van der Waals surface area contributed by atoms with Gasteiger partial charge in [-0.1, -0.05) is 12.1 Å². The summed E-state index contributed by atoms with van der Waals surface area (Å²) in [6.45, 7) is -4.35. The Morgan fingerprint density at radius 1 is 0.392 bits per heavy atom. The van der Waals surface area contributed by atoms with Crippen molar-refractivity contribution < 1.29 is 222 Å². The van der Waals surface area contributed by atoms with Crippen molar-refractivity contribution in [3.63, 3.8) is 0 Å². The van der Waals surface area contributed by atoms with Gasteiger partial charge >= 0.3 is 0 Å². The Morgan fingerprint density at radius 2 is 0.792 bits per heavy atom. The number of primary amides is 1. The van der Waals surface area contributed by atoms with Crippen LogP contribution in [0.5, 0.6) is 0 Å². The van der Waals surface area contributed by atoms with E-state index in [9.17, 15) is 147 Å². The van der Waals surface area contributed by atoms with Crippen molar-refractivity contribution in [3.05, 3.63) is 29.8 Å². The van der Waals surface area contributed by atoms with Gasteiger partial charge in [-0.3, -0.25) is 24.0 Å². The molecule has 8 aliphatic rings. The number of ether oxygens (including phenoxy) is 16. The Bertz CT molecular complexity index is 3420. The van der Waals surface area contributed by atoms with E-state index in [1.54, 1.807) is 0 Å². The Kier molecular flexibility index (Phi) is 36.0. The molecule has 31 N–H and O–H groups in total. The predicted molar refractivity (Wildman–Crippen MR) is 381 cm³/mol. The van der Waals surface area contributed by atoms with Crippen LogP contribution in [0.4, 0.5) is 5.69 Å². The molecule has 8 fully saturated rings. The number of para-hydroxylation sites is 1. The van der Waals surface area contributed by atoms with Crippen molar-refractivity contribution in [2.75, 3.05) is 64.7 Å². The van der Waals surface area contributed by atoms with E-state index in [0.29, 0.717) is 0 Å². The highest BCUT2D eigenvalue weighted by Gasteiger charge is 2.60. The van der Waals surface area contributed by atoms with Crippen LogP contribution in [-0.4, -0.2) is 481 Å². The normalized spacial score (nSPS) is 43.6. The molecule has 120 heavy (non-hydrogen) atoms. The van der Waals surface area contributed by atoms with Gasteiger partial charge < -0.3 is 231 Å². The minimum absolute atomic E-state index is 0.0632. The molecule has 8 aliphatic heterocycles. The fraction of sp³-hybridized carbons (Fsp3) is 0.841. The van der Waals surface area contributed by atoms with Crippen molar-refractivity contribution in [3.8, 4) is 0 Å². The van der Waals surface area contributed by atoms with Crippen LogP contribution in [0, 0.1) is 0 Å². The first-order chi connectivity index (χ1) is 56.7. The molecule has 51 nitrogen and oxygen atoms in total. The molecule has 1 unspecified atom stereocenters. The van der Waals surface area contributed by atoms with Gasteiger partial charge in [-0.2, -0.15) is 0 Å². The van der Waals surface area contributed by atoms with Crippen LogP contribution in [0.15, 0.2) is 24.3 Å². The second-order valence-corrected chi connectivity index (χ2v) is 30.1. The third-order valence-corrected chi connectivity index (χ3v) is 21.5. The Balaban J connectivity index is 1.07. The Labute approximate surface area is 681 Å². The smallest absolute Gasteiger partial charge is 0.250 e. The molecule has 0 spiro atoms. The monoisotopic (exact) mass is 1740 g/mol. The largest absolute Gasteiger partial charge is 0.394 e. The number of carbonyl (C=O) groups is 5. The molecule has 44 atom stereocenters. The van der Waals surface area contributed by atoms with E-state index in [4.69, 9.17) is 81.5 Å². The highest BCUT2D eigenvalue weighted by Crippen LogP contribution is 2.39. The fourth-order valence-corrected chi connectivity index (χ4v) is 15.0. The topological polar surface area (TPSA) is 805 Å². The lowest BCUT2D eigenvalue weighted by Crippen LogP contribution is -2.70. The number of aliphatic hydroxyl groups excluding tert-OH is 24. The third kappa shape index (κ3) is 22.8. The van der Waals surface area contributed by atoms with Gasteiger partial charge in [0.25, 0.3) is 5.91 Å². The van der Waals surface area contributed by atoms with Gasteiger partial charge in [0.2, 0.25) is 23.6 Å². The summed E-state index contributed by atoms with van der Waals surface area (Å²) in [6.07, 6.45) is -83.5. The quantitative estimate of drug-likeness (QED) is 0.0300. The average molecular weight is 1750 g/mol. The number of nitrogens with one attached hydrogen (secondary N) is 5. The first-order valence-corrected chi connectivity index (χ1v) is 38.3. The first-order valence-electron chi connectivity index (χ1n) is 38.3. The number of aliphatic hydroxyl groups is 24. The lowest BCUT2D eigenvalue weighted by atomic mass is 9.94. The molecule has 8 heterocycles. The highest BCUT2D eigenvalue weighted by atomic mass is 16.8. The summed E-state index contributed by atoms with van der Waals surface area (Å²) in [6, 6.07) is -1.73. The summed E-state index contributed by atoms with van der Waals surface area (Å²) in [5.74, 6) is -4.58. The van der Waals surface area contributed by atoms with E-state index in [0.717, 1.165) is 27.7 Å². The second-order valence-electron chi connectivity index (χ2n) is 30.1. The molecule has 51 heteroatoms. The molecule has 1 aromatic rings. The van der Waals surface area contributed by atoms with Crippen LogP contribution in [0.3, 0.4) is 0 Å². The SMILES string of the molecule is CC(=O)N[C@H]1[C@H](O[C@H](C(O)CO[C@@H]2O[C@@H](C)[C@@H](O)[C@@H](O)[C@@H]2O)[C@H](O)[C@@H](CNc2ccccc2C(N)=O)NC(C)=O)O[C@H](CO)[C@@H](O[C@@H]2O[C@H](CO[C@H]3O[C@H](CO)[C@@H](O)[C@H](O)[C@@H]3O[C@@H]3O[C@H](CO)[C@@H](O[C@@H]4O[C@H](CO)[C@H](O)[C@H](O)[C@H]4O)[C@H](O)[C@H]3NC(C)=O)[C@@H](O)[C@H](O[C@H]3O[C@H](CO)[C@@H](O)[C@H](O)[C@@H]3O[C@@H]3O[C@H](CO)[C@@H](O)[C@H](O)[C@H]3NC(C)=O)[C@@H]2O)[C@@H]1O. The maximum atomic E-state index is 13.4. The summed E-state index contributed by atoms with van der Waals surface area (Å²) in [7, 11) is 0. The summed E-state index contributed by atoms with van der Waals surface area (Å²) in [4.78, 5) is 64.3. The van der Waals surface area contributed by atoms with Crippen LogP contribution in [0.1, 0.15) is 45.0 Å². The lowest BCUT2D eigenvalue weighted by Gasteiger charge is -2.50. The van der Waals surface area contributed by atoms with E-state index in [1.165, 1.54) is 31.2 Å². The maximum absolute atomic E-state index is 13.4. The minimum atomic E-state index is -2.60. The highest BCUT2D eigenvalue weighted by molar-refractivity contribution is 5.98. The van der Waals surface area contributed by atoms with E-state index in [-0.39, 0.29) is 11.3 Å². The number of hydrogen-bond donors (Lipinski definition) is 30. The summed E-state index contributed by atoms with van der Waals surface area (Å²) in [5, 5.41) is 282. The summed E-state index contributed by atoms with van der Waals surface area (Å²) < 4.78 is 95.4. The van der Waals surface area contributed by atoms with Crippen LogP contribution in [-0.2, 0) is 95.0 Å². The molecule has 0 radical (unpaired) electrons. The number of nitrogens with two attached hydrogens (primary N) is 1. The van der Waals surface area contributed by atoms with Gasteiger partial charge in [0.1, 0.15) is 207 Å². The fourth-order valence-electron chi connectivity index (χ4n) is 15.0. The molecule has 5 amide bonds. The van der Waals surface area contributed by atoms with Crippen LogP contribution < -0.4 is 32.3 Å². The van der Waals surface area contributed by atoms with E-state index in [2.05, 4.69) is 26.6 Å². The van der Waals surface area contributed by atoms with Gasteiger partial charge in [-0.05, 0) is 19.1 Å². The van der Waals surface area contributed by atoms with Gasteiger partial charge in [0, 0.05) is 39.9 Å². The van der Waals surface area contributed by atoms with Crippen molar-refractivity contribution in [1.82, 2.24) is 21.3 Å². The molecule has 0 aromatic heterocycles. The average Bonchev–Trinajstić information content (AvgIpc) is 0.773. The Hall–Kier alpha value is -5.23. The van der Waals surface area contributed by atoms with Crippen molar-refractivity contribution in [2.24, 2.45) is 5.73 Å². The predicted octanol–water partition coefficient (Wildman–Crippen LogP) is -18.2. The minimum Gasteiger partial charge on any atom is -0.394 e. The third-order valence-electron chi connectivity index (χ3n) is 21.5. The van der Waals surface area contributed by atoms with E-state index < -0.39 is 359 Å². The molecular weight excluding hydrogens is 1630 g/mol. The number of rotatable bonds is 35. The zero-order valence-corrected chi connectivity index (χ0v) is 65.0. The van der Waals surface area contributed by atoms with Crippen LogP contribution in [0.25, 0.3) is 0 Å². The summed E-state index contributed by atoms with van der Waals surface area (Å²) in [5.41, 5.74) is 5.60. The van der Waals surface area contributed by atoms with Gasteiger partial charge in [-0.15, -0.1) is 0 Å². The van der Waals surface area contributed by atoms with Crippen molar-refractivity contribution >= 4 is 35.2 Å². The van der Waals surface area contributed by atoms with Gasteiger partial charge in [-0.25, -0.2) is 0 Å². The van der Waals surface area contributed by atoms with Crippen LogP contribution in [0.2, 0.25) is 0 Å². The molecule has 9 rings (SSSR count). The molecule has 1 aromatic carbocycles. The summed E-state index contributed by atoms with van der Waals surface area (Å²) >= 11 is 0. The van der Waals surface area contributed by atoms with E-state index in [1.807, 2.05) is 0 Å². The number of anilines is 1. The number of benzene rings is 1. The molecule has 688 valence electrons. The Morgan fingerprint density at radius 3 is 1.30 bits per heavy atom. The molecule has 8 saturated heterocycles. The van der Waals surface area contributed by atoms with Crippen LogP contribution >= 0.6 is 0 Å². The molecule has 0 aliphatic carbocycles. The molecular formula is C69H112N6O45. The molecule has 0 saturated carbocycles. The van der Waals surface area contributed by atoms with E-state index >= 15 is 0 Å². The lowest BCUT2D eigenvalue weighted by molar-refractivity contribution is -0.396. The number of carbonyl (C=O) groups excluding carboxylic acids is 5. The second kappa shape index (κ2) is 43.8. The maximum Gasteiger partial charge on any atom is 0.250 e. The van der Waals surface area contributed by atoms with Crippen molar-refractivity contribution in [1.29, 1.82) is 0 Å². The first kappa shape index (κ1) is 98.6. The number of hydrogen-bond acceptors (Lipinski definition) is 46. The molecule has 0 bridgehead atoms.